The van der Waals surface area contributed by atoms with Crippen LogP contribution in [0.2, 0.25) is 0 Å². The van der Waals surface area contributed by atoms with Crippen LogP contribution in [0.5, 0.6) is 0 Å². The van der Waals surface area contributed by atoms with Crippen LogP contribution < -0.4 is 11.1 Å². The van der Waals surface area contributed by atoms with Crippen molar-refractivity contribution in [3.8, 4) is 0 Å². The molecule has 3 N–H and O–H groups in total. The molecule has 0 aliphatic heterocycles. The molecule has 2 rings (SSSR count). The van der Waals surface area contributed by atoms with Gasteiger partial charge in [-0.3, -0.25) is 0 Å². The van der Waals surface area contributed by atoms with Gasteiger partial charge in [0.2, 0.25) is 0 Å². The average Bonchev–Trinajstić information content (AvgIpc) is 2.58. The molecule has 1 saturated carbocycles. The number of nitrogens with two attached hydrogens (primary N) is 1. The lowest BCUT2D eigenvalue weighted by atomic mass is 10.0. The van der Waals surface area contributed by atoms with Gasteiger partial charge in [-0.2, -0.15) is 0 Å². The summed E-state index contributed by atoms with van der Waals surface area (Å²) in [7, 11) is 0. The Morgan fingerprint density at radius 1 is 1.24 bits per heavy atom. The third-order valence-corrected chi connectivity index (χ3v) is 4.83. The first-order valence-electron chi connectivity index (χ1n) is 6.05. The Bertz CT molecular complexity index is 424. The Labute approximate surface area is 102 Å². The van der Waals surface area contributed by atoms with Gasteiger partial charge in [-0.25, -0.2) is 4.39 Å². The summed E-state index contributed by atoms with van der Waals surface area (Å²) in [4.78, 5) is 0. The van der Waals surface area contributed by atoms with Crippen molar-refractivity contribution in [2.45, 2.75) is 27.7 Å². The fourth-order valence-electron chi connectivity index (χ4n) is 2.75. The number of rotatable bonds is 3. The molecule has 0 saturated heterocycles. The van der Waals surface area contributed by atoms with E-state index < -0.39 is 0 Å². The highest BCUT2D eigenvalue weighted by molar-refractivity contribution is 5.65. The molecule has 0 radical (unpaired) electrons. The van der Waals surface area contributed by atoms with Gasteiger partial charge >= 0.3 is 0 Å². The molecule has 94 valence electrons. The molecule has 0 amide bonds. The number of halogens is 1. The zero-order valence-electron chi connectivity index (χ0n) is 11.0. The SMILES string of the molecule is CC1(C)C(CNc2ccc(F)cc2N)C1(C)C. The Kier molecular flexibility index (Phi) is 2.60. The van der Waals surface area contributed by atoms with E-state index >= 15 is 0 Å². The van der Waals surface area contributed by atoms with Gasteiger partial charge < -0.3 is 11.1 Å². The summed E-state index contributed by atoms with van der Waals surface area (Å²) in [5.74, 6) is 0.333. The van der Waals surface area contributed by atoms with Gasteiger partial charge in [0, 0.05) is 6.54 Å². The molecular formula is C14H21FN2. The zero-order valence-corrected chi connectivity index (χ0v) is 11.0. The Morgan fingerprint density at radius 2 is 1.82 bits per heavy atom. The fraction of sp³-hybridized carbons (Fsp3) is 0.571. The van der Waals surface area contributed by atoms with E-state index in [-0.39, 0.29) is 5.82 Å². The van der Waals surface area contributed by atoms with Gasteiger partial charge in [-0.1, -0.05) is 27.7 Å². The molecule has 0 bridgehead atoms. The highest BCUT2D eigenvalue weighted by Crippen LogP contribution is 2.68. The summed E-state index contributed by atoms with van der Waals surface area (Å²) in [6, 6.07) is 4.49. The molecule has 1 fully saturated rings. The lowest BCUT2D eigenvalue weighted by Gasteiger charge is -2.10. The van der Waals surface area contributed by atoms with Crippen LogP contribution in [0.25, 0.3) is 0 Å². The van der Waals surface area contributed by atoms with Gasteiger partial charge in [0.15, 0.2) is 0 Å². The summed E-state index contributed by atoms with van der Waals surface area (Å²) >= 11 is 0. The normalized spacial score (nSPS) is 21.2. The molecule has 2 nitrogen and oxygen atoms in total. The molecule has 1 aromatic rings. The van der Waals surface area contributed by atoms with Gasteiger partial charge in [0.25, 0.3) is 0 Å². The van der Waals surface area contributed by atoms with E-state index in [9.17, 15) is 4.39 Å². The Hall–Kier alpha value is -1.25. The first-order valence-corrected chi connectivity index (χ1v) is 6.05. The first-order chi connectivity index (χ1) is 7.76. The number of hydrogen-bond donors (Lipinski definition) is 2. The highest BCUT2D eigenvalue weighted by Gasteiger charge is 2.63. The summed E-state index contributed by atoms with van der Waals surface area (Å²) < 4.78 is 12.9. The van der Waals surface area contributed by atoms with Crippen molar-refractivity contribution < 1.29 is 4.39 Å². The van der Waals surface area contributed by atoms with Crippen LogP contribution in [0, 0.1) is 22.6 Å². The molecule has 0 spiro atoms. The van der Waals surface area contributed by atoms with Gasteiger partial charge in [0.1, 0.15) is 5.82 Å². The molecule has 17 heavy (non-hydrogen) atoms. The molecule has 0 aromatic heterocycles. The molecule has 0 heterocycles. The minimum Gasteiger partial charge on any atom is -0.397 e. The predicted octanol–water partition coefficient (Wildman–Crippen LogP) is 3.50. The van der Waals surface area contributed by atoms with E-state index in [0.717, 1.165) is 12.2 Å². The average molecular weight is 236 g/mol. The summed E-state index contributed by atoms with van der Waals surface area (Å²) in [5, 5.41) is 3.32. The molecule has 1 aliphatic carbocycles. The molecular weight excluding hydrogens is 215 g/mol. The van der Waals surface area contributed by atoms with Crippen LogP contribution in [0.4, 0.5) is 15.8 Å². The topological polar surface area (TPSA) is 38.0 Å². The maximum Gasteiger partial charge on any atom is 0.125 e. The molecule has 3 heteroatoms. The van der Waals surface area contributed by atoms with Crippen molar-refractivity contribution in [2.75, 3.05) is 17.6 Å². The lowest BCUT2D eigenvalue weighted by Crippen LogP contribution is -2.09. The maximum atomic E-state index is 12.9. The number of nitrogens with one attached hydrogen (secondary N) is 1. The third-order valence-electron chi connectivity index (χ3n) is 4.83. The highest BCUT2D eigenvalue weighted by atomic mass is 19.1. The second kappa shape index (κ2) is 3.62. The van der Waals surface area contributed by atoms with Crippen LogP contribution >= 0.6 is 0 Å². The van der Waals surface area contributed by atoms with Crippen LogP contribution in [0.15, 0.2) is 18.2 Å². The molecule has 0 atom stereocenters. The largest absolute Gasteiger partial charge is 0.397 e. The van der Waals surface area contributed by atoms with E-state index in [1.165, 1.54) is 12.1 Å². The first kappa shape index (κ1) is 12.2. The van der Waals surface area contributed by atoms with Gasteiger partial charge in [-0.15, -0.1) is 0 Å². The van der Waals surface area contributed by atoms with Crippen molar-refractivity contribution in [2.24, 2.45) is 16.7 Å². The fourth-order valence-corrected chi connectivity index (χ4v) is 2.75. The number of benzene rings is 1. The quantitative estimate of drug-likeness (QED) is 0.788. The van der Waals surface area contributed by atoms with E-state index in [4.69, 9.17) is 5.73 Å². The van der Waals surface area contributed by atoms with E-state index in [1.807, 2.05) is 0 Å². The molecule has 1 aromatic carbocycles. The Balaban J connectivity index is 2.00. The van der Waals surface area contributed by atoms with Crippen molar-refractivity contribution in [1.29, 1.82) is 0 Å². The van der Waals surface area contributed by atoms with Gasteiger partial charge in [0.05, 0.1) is 11.4 Å². The monoisotopic (exact) mass is 236 g/mol. The minimum absolute atomic E-state index is 0.292. The smallest absolute Gasteiger partial charge is 0.125 e. The minimum atomic E-state index is -0.292. The van der Waals surface area contributed by atoms with E-state index in [0.29, 0.717) is 22.4 Å². The number of anilines is 2. The molecule has 1 aliphatic rings. The lowest BCUT2D eigenvalue weighted by molar-refractivity contribution is 0.457. The zero-order chi connectivity index (χ0) is 12.8. The van der Waals surface area contributed by atoms with Crippen molar-refractivity contribution >= 4 is 11.4 Å². The number of hydrogen-bond acceptors (Lipinski definition) is 2. The van der Waals surface area contributed by atoms with E-state index in [1.54, 1.807) is 6.07 Å². The van der Waals surface area contributed by atoms with Crippen molar-refractivity contribution in [3.63, 3.8) is 0 Å². The van der Waals surface area contributed by atoms with Crippen molar-refractivity contribution in [1.82, 2.24) is 0 Å². The number of nitrogen functional groups attached to an aromatic ring is 1. The van der Waals surface area contributed by atoms with Gasteiger partial charge in [-0.05, 0) is 34.9 Å². The Morgan fingerprint density at radius 3 is 2.29 bits per heavy atom. The van der Waals surface area contributed by atoms with Crippen LogP contribution in [0.3, 0.4) is 0 Å². The third kappa shape index (κ3) is 1.88. The summed E-state index contributed by atoms with van der Waals surface area (Å²) in [6.07, 6.45) is 0. The second-order valence-corrected chi connectivity index (χ2v) is 6.11. The van der Waals surface area contributed by atoms with Crippen LogP contribution in [-0.4, -0.2) is 6.54 Å². The maximum absolute atomic E-state index is 12.9. The van der Waals surface area contributed by atoms with Crippen LogP contribution in [-0.2, 0) is 0 Å². The molecule has 0 unspecified atom stereocenters. The predicted molar refractivity (Wildman–Crippen MR) is 70.4 cm³/mol. The second-order valence-electron chi connectivity index (χ2n) is 6.11. The summed E-state index contributed by atoms with van der Waals surface area (Å²) in [5.41, 5.74) is 7.77. The summed E-state index contributed by atoms with van der Waals surface area (Å²) in [6.45, 7) is 10.0. The standard InChI is InChI=1S/C14H21FN2/c1-13(2)12(14(13,3)4)8-17-11-6-5-9(15)7-10(11)16/h5-7,12,17H,8,16H2,1-4H3. The van der Waals surface area contributed by atoms with E-state index in [2.05, 4.69) is 33.0 Å². The van der Waals surface area contributed by atoms with Crippen molar-refractivity contribution in [3.05, 3.63) is 24.0 Å². The van der Waals surface area contributed by atoms with Crippen LogP contribution in [0.1, 0.15) is 27.7 Å².